The minimum atomic E-state index is -1.03. The summed E-state index contributed by atoms with van der Waals surface area (Å²) in [5, 5.41) is 8.07. The molecule has 0 spiro atoms. The average Bonchev–Trinajstić information content (AvgIpc) is 2.12. The molecule has 1 aromatic rings. The maximum atomic E-state index is 13.5. The lowest BCUT2D eigenvalue weighted by molar-refractivity contribution is 0.107. The van der Waals surface area contributed by atoms with Crippen molar-refractivity contribution in [2.75, 3.05) is 0 Å². The Morgan fingerprint density at radius 2 is 2.19 bits per heavy atom. The lowest BCUT2D eigenvalue weighted by Gasteiger charge is -2.08. The quantitative estimate of drug-likeness (QED) is 0.678. The number of hydrogen-bond acceptors (Lipinski definition) is 2. The first-order valence-electron chi connectivity index (χ1n) is 4.41. The summed E-state index contributed by atoms with van der Waals surface area (Å²) < 4.78 is 14.0. The summed E-state index contributed by atoms with van der Waals surface area (Å²) in [7, 11) is 0. The molecular weight excluding hydrogens is 322 g/mol. The van der Waals surface area contributed by atoms with Gasteiger partial charge in [-0.25, -0.2) is 4.39 Å². The molecule has 0 aromatic heterocycles. The largest absolute Gasteiger partial charge is 0.378 e. The average molecular weight is 330 g/mol. The second-order valence-corrected chi connectivity index (χ2v) is 4.93. The van der Waals surface area contributed by atoms with E-state index < -0.39 is 16.6 Å². The van der Waals surface area contributed by atoms with Gasteiger partial charge in [-0.15, -0.1) is 0 Å². The van der Waals surface area contributed by atoms with Crippen LogP contribution in [0.5, 0.6) is 0 Å². The first-order chi connectivity index (χ1) is 7.41. The molecule has 88 valence electrons. The molecule has 0 aliphatic rings. The summed E-state index contributed by atoms with van der Waals surface area (Å²) in [6.45, 7) is 0. The molecule has 0 aliphatic carbocycles. The number of benzene rings is 1. The molecule has 0 amide bonds. The number of hydrogen-bond donors (Lipinski definition) is 1. The van der Waals surface area contributed by atoms with E-state index in [1.54, 1.807) is 6.07 Å². The highest BCUT2D eigenvalue weighted by molar-refractivity contribution is 9.10. The third-order valence-corrected chi connectivity index (χ3v) is 2.85. The van der Waals surface area contributed by atoms with Crippen molar-refractivity contribution in [3.8, 4) is 0 Å². The van der Waals surface area contributed by atoms with E-state index >= 15 is 0 Å². The number of carbonyl (C=O) groups is 1. The minimum absolute atomic E-state index is 0.165. The topological polar surface area (TPSA) is 37.3 Å². The lowest BCUT2D eigenvalue weighted by Crippen LogP contribution is -2.05. The van der Waals surface area contributed by atoms with E-state index in [2.05, 4.69) is 15.9 Å². The number of halogens is 4. The summed E-state index contributed by atoms with van der Waals surface area (Å²) in [4.78, 5) is 11.1. The predicted molar refractivity (Wildman–Crippen MR) is 64.5 cm³/mol. The smallest absolute Gasteiger partial charge is 0.255 e. The standard InChI is InChI=1S/C10H8BrCl2FO2/c11-6-3-5(1-2-8(12)15)9(10(13)16)7(14)4-6/h3-4,8,15H,1-2H2. The molecule has 6 heteroatoms. The third-order valence-electron chi connectivity index (χ3n) is 1.99. The molecule has 1 N–H and O–H groups in total. The lowest BCUT2D eigenvalue weighted by atomic mass is 10.0. The summed E-state index contributed by atoms with van der Waals surface area (Å²) in [6.07, 6.45) is 0.490. The van der Waals surface area contributed by atoms with Crippen LogP contribution in [0.15, 0.2) is 16.6 Å². The fraction of sp³-hybridized carbons (Fsp3) is 0.300. The normalized spacial score (nSPS) is 12.6. The number of carbonyl (C=O) groups excluding carboxylic acids is 1. The van der Waals surface area contributed by atoms with Crippen molar-refractivity contribution in [1.29, 1.82) is 0 Å². The second kappa shape index (κ2) is 5.96. The van der Waals surface area contributed by atoms with Crippen LogP contribution in [0.4, 0.5) is 4.39 Å². The zero-order chi connectivity index (χ0) is 12.3. The molecule has 0 aliphatic heterocycles. The van der Waals surface area contributed by atoms with E-state index in [4.69, 9.17) is 28.3 Å². The van der Waals surface area contributed by atoms with E-state index in [0.717, 1.165) is 6.07 Å². The molecule has 0 heterocycles. The van der Waals surface area contributed by atoms with Gasteiger partial charge in [0.15, 0.2) is 0 Å². The molecule has 0 saturated heterocycles. The highest BCUT2D eigenvalue weighted by Gasteiger charge is 2.16. The van der Waals surface area contributed by atoms with Crippen LogP contribution in [0.25, 0.3) is 0 Å². The van der Waals surface area contributed by atoms with Gasteiger partial charge >= 0.3 is 0 Å². The maximum absolute atomic E-state index is 13.5. The minimum Gasteiger partial charge on any atom is -0.378 e. The van der Waals surface area contributed by atoms with Gasteiger partial charge in [0.25, 0.3) is 5.24 Å². The van der Waals surface area contributed by atoms with Crippen molar-refractivity contribution in [3.05, 3.63) is 33.5 Å². The summed E-state index contributed by atoms with van der Waals surface area (Å²) in [6, 6.07) is 2.74. The van der Waals surface area contributed by atoms with Crippen LogP contribution >= 0.6 is 39.1 Å². The van der Waals surface area contributed by atoms with E-state index in [1.807, 2.05) is 0 Å². The Bertz CT molecular complexity index is 410. The monoisotopic (exact) mass is 328 g/mol. The molecule has 1 rings (SSSR count). The van der Waals surface area contributed by atoms with Crippen molar-refractivity contribution < 1.29 is 14.3 Å². The second-order valence-electron chi connectivity index (χ2n) is 3.17. The number of aryl methyl sites for hydroxylation is 1. The van der Waals surface area contributed by atoms with Gasteiger partial charge in [0.2, 0.25) is 0 Å². The first-order valence-corrected chi connectivity index (χ1v) is 6.02. The van der Waals surface area contributed by atoms with Gasteiger partial charge in [-0.3, -0.25) is 4.79 Å². The van der Waals surface area contributed by atoms with Gasteiger partial charge in [0, 0.05) is 4.47 Å². The number of alkyl halides is 1. The van der Waals surface area contributed by atoms with E-state index in [-0.39, 0.29) is 18.4 Å². The van der Waals surface area contributed by atoms with Crippen molar-refractivity contribution in [1.82, 2.24) is 0 Å². The fourth-order valence-corrected chi connectivity index (χ4v) is 2.12. The van der Waals surface area contributed by atoms with E-state index in [9.17, 15) is 9.18 Å². The molecule has 0 bridgehead atoms. The first kappa shape index (κ1) is 13.9. The maximum Gasteiger partial charge on any atom is 0.255 e. The number of aliphatic hydroxyl groups is 1. The highest BCUT2D eigenvalue weighted by Crippen LogP contribution is 2.24. The van der Waals surface area contributed by atoms with Gasteiger partial charge < -0.3 is 5.11 Å². The van der Waals surface area contributed by atoms with Crippen molar-refractivity contribution in [3.63, 3.8) is 0 Å². The van der Waals surface area contributed by atoms with Crippen LogP contribution in [0.1, 0.15) is 22.3 Å². The zero-order valence-corrected chi connectivity index (χ0v) is 11.1. The Morgan fingerprint density at radius 1 is 1.56 bits per heavy atom. The van der Waals surface area contributed by atoms with E-state index in [0.29, 0.717) is 10.0 Å². The van der Waals surface area contributed by atoms with Crippen molar-refractivity contribution in [2.45, 2.75) is 18.4 Å². The van der Waals surface area contributed by atoms with Crippen molar-refractivity contribution >= 4 is 44.4 Å². The summed E-state index contributed by atoms with van der Waals surface area (Å²) >= 11 is 13.8. The molecule has 0 radical (unpaired) electrons. The number of rotatable bonds is 4. The Labute approximate surface area is 110 Å². The van der Waals surface area contributed by atoms with Crippen LogP contribution < -0.4 is 0 Å². The van der Waals surface area contributed by atoms with Crippen LogP contribution in [0, 0.1) is 5.82 Å². The molecular formula is C10H8BrCl2FO2. The molecule has 1 aromatic carbocycles. The molecule has 0 fully saturated rings. The Morgan fingerprint density at radius 3 is 2.69 bits per heavy atom. The molecule has 1 unspecified atom stereocenters. The molecule has 0 saturated carbocycles. The fourth-order valence-electron chi connectivity index (χ4n) is 1.32. The Hall–Kier alpha value is -0.160. The van der Waals surface area contributed by atoms with E-state index in [1.165, 1.54) is 0 Å². The van der Waals surface area contributed by atoms with Gasteiger partial charge in [-0.05, 0) is 42.1 Å². The third kappa shape index (κ3) is 3.70. The van der Waals surface area contributed by atoms with Gasteiger partial charge in [0.05, 0.1) is 5.56 Å². The van der Waals surface area contributed by atoms with Gasteiger partial charge in [-0.2, -0.15) is 0 Å². The molecule has 16 heavy (non-hydrogen) atoms. The zero-order valence-electron chi connectivity index (χ0n) is 8.01. The van der Waals surface area contributed by atoms with Crippen LogP contribution in [0.3, 0.4) is 0 Å². The molecule has 1 atom stereocenters. The highest BCUT2D eigenvalue weighted by atomic mass is 79.9. The number of aliphatic hydroxyl groups excluding tert-OH is 1. The van der Waals surface area contributed by atoms with Crippen LogP contribution in [-0.4, -0.2) is 15.9 Å². The predicted octanol–water partition coefficient (Wildman–Crippen LogP) is 3.46. The Kier molecular flexibility index (Phi) is 5.18. The van der Waals surface area contributed by atoms with Crippen LogP contribution in [0.2, 0.25) is 0 Å². The summed E-state index contributed by atoms with van der Waals surface area (Å²) in [5.74, 6) is -0.687. The van der Waals surface area contributed by atoms with Crippen molar-refractivity contribution in [2.24, 2.45) is 0 Å². The Balaban J connectivity index is 3.09. The molecule has 2 nitrogen and oxygen atoms in total. The van der Waals surface area contributed by atoms with Crippen LogP contribution in [-0.2, 0) is 6.42 Å². The SMILES string of the molecule is O=C(Cl)c1c(F)cc(Br)cc1CCC(O)Cl. The van der Waals surface area contributed by atoms with Gasteiger partial charge in [0.1, 0.15) is 11.4 Å². The van der Waals surface area contributed by atoms with Gasteiger partial charge in [-0.1, -0.05) is 27.5 Å². The summed E-state index contributed by atoms with van der Waals surface area (Å²) in [5.41, 5.74) is -0.769.